The monoisotopic (exact) mass is 279 g/mol. The number of anilines is 2. The van der Waals surface area contributed by atoms with Crippen LogP contribution >= 0.6 is 0 Å². The minimum absolute atomic E-state index is 0.247. The lowest BCUT2D eigenvalue weighted by Gasteiger charge is -2.42. The lowest BCUT2D eigenvalue weighted by atomic mass is 10.0. The quantitative estimate of drug-likeness (QED) is 0.918. The van der Waals surface area contributed by atoms with E-state index in [-0.39, 0.29) is 5.54 Å². The van der Waals surface area contributed by atoms with Gasteiger partial charge in [-0.25, -0.2) is 0 Å². The molecular weight excluding hydrogens is 250 g/mol. The number of piperazine rings is 1. The van der Waals surface area contributed by atoms with E-state index in [1.54, 1.807) is 0 Å². The van der Waals surface area contributed by atoms with Crippen molar-refractivity contribution >= 4 is 11.5 Å². The summed E-state index contributed by atoms with van der Waals surface area (Å²) in [6.07, 6.45) is 2.04. The molecule has 0 amide bonds. The zero-order chi connectivity index (χ0) is 14.9. The number of hydrogen-bond acceptors (Lipinski definition) is 4. The Kier molecular flexibility index (Phi) is 4.28. The second-order valence-corrected chi connectivity index (χ2v) is 6.70. The molecule has 20 heavy (non-hydrogen) atoms. The Bertz CT molecular complexity index is 450. The highest BCUT2D eigenvalue weighted by atomic mass is 15.4. The van der Waals surface area contributed by atoms with Gasteiger partial charge >= 0.3 is 0 Å². The topological polar surface area (TPSA) is 50.3 Å². The van der Waals surface area contributed by atoms with Gasteiger partial charge < -0.3 is 10.6 Å². The van der Waals surface area contributed by atoms with Crippen molar-refractivity contribution in [3.63, 3.8) is 0 Å². The van der Waals surface area contributed by atoms with Crippen molar-refractivity contribution in [1.82, 2.24) is 14.7 Å². The molecule has 2 heterocycles. The second-order valence-electron chi connectivity index (χ2n) is 6.70. The van der Waals surface area contributed by atoms with Crippen LogP contribution in [0.25, 0.3) is 0 Å². The fourth-order valence-electron chi connectivity index (χ4n) is 2.97. The molecule has 0 radical (unpaired) electrons. The van der Waals surface area contributed by atoms with Crippen molar-refractivity contribution in [1.29, 1.82) is 0 Å². The lowest BCUT2D eigenvalue weighted by molar-refractivity contribution is 0.128. The first-order valence-electron chi connectivity index (χ1n) is 7.66. The van der Waals surface area contributed by atoms with E-state index in [1.165, 1.54) is 0 Å². The maximum absolute atomic E-state index is 6.30. The van der Waals surface area contributed by atoms with Gasteiger partial charge in [-0.2, -0.15) is 5.10 Å². The van der Waals surface area contributed by atoms with Crippen LogP contribution in [0.3, 0.4) is 0 Å². The summed E-state index contributed by atoms with van der Waals surface area (Å²) in [6.45, 7) is 13.2. The molecular formula is C15H29N5. The molecule has 1 aliphatic rings. The van der Waals surface area contributed by atoms with E-state index in [2.05, 4.69) is 42.6 Å². The first kappa shape index (κ1) is 15.2. The van der Waals surface area contributed by atoms with Gasteiger partial charge in [-0.15, -0.1) is 0 Å². The van der Waals surface area contributed by atoms with E-state index >= 15 is 0 Å². The van der Waals surface area contributed by atoms with Gasteiger partial charge in [0.25, 0.3) is 0 Å². The molecule has 0 atom stereocenters. The van der Waals surface area contributed by atoms with E-state index in [1.807, 2.05) is 11.7 Å². The lowest BCUT2D eigenvalue weighted by Crippen LogP contribution is -2.53. The van der Waals surface area contributed by atoms with Crippen molar-refractivity contribution in [2.75, 3.05) is 36.8 Å². The van der Waals surface area contributed by atoms with Crippen LogP contribution in [0.2, 0.25) is 0 Å². The van der Waals surface area contributed by atoms with Gasteiger partial charge in [0.15, 0.2) is 0 Å². The van der Waals surface area contributed by atoms with Crippen LogP contribution in [0.15, 0.2) is 0 Å². The summed E-state index contributed by atoms with van der Waals surface area (Å²) >= 11 is 0. The molecule has 5 heteroatoms. The Hall–Kier alpha value is -1.23. The zero-order valence-electron chi connectivity index (χ0n) is 13.6. The normalized spacial score (nSPS) is 17.8. The Morgan fingerprint density at radius 3 is 2.25 bits per heavy atom. The number of aryl methyl sites for hydroxylation is 2. The smallest absolute Gasteiger partial charge is 0.150 e. The molecule has 0 spiro atoms. The van der Waals surface area contributed by atoms with Crippen LogP contribution in [0.4, 0.5) is 11.5 Å². The van der Waals surface area contributed by atoms with Crippen LogP contribution in [-0.4, -0.2) is 46.4 Å². The van der Waals surface area contributed by atoms with E-state index in [0.717, 1.165) is 56.2 Å². The standard InChI is InChI=1S/C15H29N5/c1-6-7-12-13(16)14(18(5)17-12)19-8-10-20(11-9-19)15(2,3)4/h6-11,16H2,1-5H3. The Morgan fingerprint density at radius 1 is 1.15 bits per heavy atom. The molecule has 2 N–H and O–H groups in total. The third-order valence-electron chi connectivity index (χ3n) is 4.14. The van der Waals surface area contributed by atoms with Crippen molar-refractivity contribution in [2.45, 2.75) is 46.1 Å². The first-order valence-corrected chi connectivity index (χ1v) is 7.66. The van der Waals surface area contributed by atoms with Gasteiger partial charge in [-0.1, -0.05) is 13.3 Å². The van der Waals surface area contributed by atoms with Crippen LogP contribution in [0.5, 0.6) is 0 Å². The zero-order valence-corrected chi connectivity index (χ0v) is 13.6. The molecule has 2 rings (SSSR count). The molecule has 0 aromatic carbocycles. The Labute approximate surface area is 122 Å². The summed E-state index contributed by atoms with van der Waals surface area (Å²) in [7, 11) is 2.00. The van der Waals surface area contributed by atoms with E-state index in [4.69, 9.17) is 5.73 Å². The third-order valence-corrected chi connectivity index (χ3v) is 4.14. The van der Waals surface area contributed by atoms with Crippen molar-refractivity contribution in [3.8, 4) is 0 Å². The number of aromatic nitrogens is 2. The number of hydrogen-bond donors (Lipinski definition) is 1. The SMILES string of the molecule is CCCc1nn(C)c(N2CCN(C(C)(C)C)CC2)c1N. The van der Waals surface area contributed by atoms with Crippen LogP contribution < -0.4 is 10.6 Å². The Morgan fingerprint density at radius 2 is 1.75 bits per heavy atom. The molecule has 0 unspecified atom stereocenters. The molecule has 5 nitrogen and oxygen atoms in total. The van der Waals surface area contributed by atoms with Gasteiger partial charge in [-0.3, -0.25) is 9.58 Å². The van der Waals surface area contributed by atoms with Crippen molar-refractivity contribution < 1.29 is 0 Å². The molecule has 1 aromatic heterocycles. The van der Waals surface area contributed by atoms with Crippen molar-refractivity contribution in [3.05, 3.63) is 5.69 Å². The fourth-order valence-corrected chi connectivity index (χ4v) is 2.97. The van der Waals surface area contributed by atoms with E-state index in [0.29, 0.717) is 0 Å². The predicted octanol–water partition coefficient (Wildman–Crippen LogP) is 1.88. The van der Waals surface area contributed by atoms with Crippen molar-refractivity contribution in [2.24, 2.45) is 7.05 Å². The number of nitrogens with two attached hydrogens (primary N) is 1. The summed E-state index contributed by atoms with van der Waals surface area (Å²) in [6, 6.07) is 0. The van der Waals surface area contributed by atoms with Crippen LogP contribution in [-0.2, 0) is 13.5 Å². The maximum atomic E-state index is 6.30. The van der Waals surface area contributed by atoms with Gasteiger partial charge in [0, 0.05) is 38.8 Å². The molecule has 0 saturated carbocycles. The number of nitrogens with zero attached hydrogens (tertiary/aromatic N) is 4. The second kappa shape index (κ2) is 5.64. The minimum atomic E-state index is 0.247. The molecule has 114 valence electrons. The number of rotatable bonds is 3. The number of nitrogen functional groups attached to an aromatic ring is 1. The Balaban J connectivity index is 2.11. The summed E-state index contributed by atoms with van der Waals surface area (Å²) in [5, 5.41) is 4.58. The molecule has 1 aliphatic heterocycles. The molecule has 1 fully saturated rings. The summed E-state index contributed by atoms with van der Waals surface area (Å²) in [5.74, 6) is 1.10. The molecule has 1 saturated heterocycles. The average molecular weight is 279 g/mol. The highest BCUT2D eigenvalue weighted by Gasteiger charge is 2.28. The fraction of sp³-hybridized carbons (Fsp3) is 0.800. The third kappa shape index (κ3) is 2.92. The highest BCUT2D eigenvalue weighted by Crippen LogP contribution is 2.28. The molecule has 0 aliphatic carbocycles. The van der Waals surface area contributed by atoms with Crippen LogP contribution in [0, 0.1) is 0 Å². The molecule has 1 aromatic rings. The van der Waals surface area contributed by atoms with E-state index < -0.39 is 0 Å². The van der Waals surface area contributed by atoms with Gasteiger partial charge in [0.05, 0.1) is 11.4 Å². The summed E-state index contributed by atoms with van der Waals surface area (Å²) in [5.41, 5.74) is 8.47. The highest BCUT2D eigenvalue weighted by molar-refractivity contribution is 5.66. The van der Waals surface area contributed by atoms with Gasteiger partial charge in [-0.05, 0) is 27.2 Å². The van der Waals surface area contributed by atoms with Gasteiger partial charge in [0.1, 0.15) is 5.82 Å². The molecule has 0 bridgehead atoms. The minimum Gasteiger partial charge on any atom is -0.394 e. The van der Waals surface area contributed by atoms with Crippen LogP contribution in [0.1, 0.15) is 39.8 Å². The largest absolute Gasteiger partial charge is 0.394 e. The van der Waals surface area contributed by atoms with E-state index in [9.17, 15) is 0 Å². The average Bonchev–Trinajstić information content (AvgIpc) is 2.64. The summed E-state index contributed by atoms with van der Waals surface area (Å²) < 4.78 is 1.95. The first-order chi connectivity index (χ1) is 9.34. The predicted molar refractivity (Wildman–Crippen MR) is 85.2 cm³/mol. The maximum Gasteiger partial charge on any atom is 0.150 e. The van der Waals surface area contributed by atoms with Gasteiger partial charge in [0.2, 0.25) is 0 Å². The summed E-state index contributed by atoms with van der Waals surface area (Å²) in [4.78, 5) is 4.91.